The fraction of sp³-hybridized carbons (Fsp3) is 0.412. The third kappa shape index (κ3) is 3.13. The maximum Gasteiger partial charge on any atom is 0.220 e. The van der Waals surface area contributed by atoms with Gasteiger partial charge in [-0.25, -0.2) is 0 Å². The van der Waals surface area contributed by atoms with Crippen LogP contribution < -0.4 is 5.32 Å². The summed E-state index contributed by atoms with van der Waals surface area (Å²) in [7, 11) is 0. The van der Waals surface area contributed by atoms with Crippen LogP contribution in [-0.4, -0.2) is 35.8 Å². The zero-order chi connectivity index (χ0) is 16.1. The highest BCUT2D eigenvalue weighted by atomic mass is 16.2. The predicted octanol–water partition coefficient (Wildman–Crippen LogP) is 2.20. The Morgan fingerprint density at radius 1 is 1.18 bits per heavy atom. The van der Waals surface area contributed by atoms with Crippen LogP contribution in [0, 0.1) is 0 Å². The zero-order valence-electron chi connectivity index (χ0n) is 12.9. The summed E-state index contributed by atoms with van der Waals surface area (Å²) in [5.74, 6) is -0.811. The van der Waals surface area contributed by atoms with E-state index in [1.165, 1.54) is 0 Å². The lowest BCUT2D eigenvalue weighted by atomic mass is 9.84. The monoisotopic (exact) mass is 300 g/mol. The van der Waals surface area contributed by atoms with Gasteiger partial charge in [-0.2, -0.15) is 0 Å². The Bertz CT molecular complexity index is 635. The number of hydrogen-bond donors (Lipinski definition) is 1. The van der Waals surface area contributed by atoms with Crippen LogP contribution in [0.4, 0.5) is 0 Å². The molecule has 22 heavy (non-hydrogen) atoms. The van der Waals surface area contributed by atoms with Crippen molar-refractivity contribution in [1.82, 2.24) is 5.32 Å². The van der Waals surface area contributed by atoms with Gasteiger partial charge in [0.15, 0.2) is 5.78 Å². The fourth-order valence-corrected chi connectivity index (χ4v) is 2.36. The second kappa shape index (κ2) is 7.11. The Labute approximate surface area is 129 Å². The van der Waals surface area contributed by atoms with E-state index in [1.54, 1.807) is 31.2 Å². The van der Waals surface area contributed by atoms with Crippen molar-refractivity contribution in [3.8, 4) is 0 Å². The van der Waals surface area contributed by atoms with Gasteiger partial charge in [0, 0.05) is 24.1 Å². The molecule has 0 bridgehead atoms. The average Bonchev–Trinajstić information content (AvgIpc) is 2.54. The molecule has 0 saturated carbocycles. The number of Topliss-reactive ketones (excluding diaryl/α,β-unsaturated/α-hetero) is 2. The van der Waals surface area contributed by atoms with Gasteiger partial charge in [-0.15, -0.1) is 0 Å². The van der Waals surface area contributed by atoms with Crippen molar-refractivity contribution >= 4 is 23.2 Å². The lowest BCUT2D eigenvalue weighted by Crippen LogP contribution is -2.52. The Morgan fingerprint density at radius 2 is 1.86 bits per heavy atom. The number of rotatable bonds is 5. The van der Waals surface area contributed by atoms with Gasteiger partial charge < -0.3 is 5.32 Å². The van der Waals surface area contributed by atoms with E-state index in [1.807, 2.05) is 6.92 Å². The van der Waals surface area contributed by atoms with Crippen molar-refractivity contribution in [3.05, 3.63) is 35.4 Å². The minimum absolute atomic E-state index is 0.152. The third-order valence-electron chi connectivity index (χ3n) is 3.63. The van der Waals surface area contributed by atoms with E-state index in [0.717, 1.165) is 12.8 Å². The molecule has 1 atom stereocenters. The minimum atomic E-state index is -0.966. The quantitative estimate of drug-likeness (QED) is 0.847. The zero-order valence-corrected chi connectivity index (χ0v) is 12.9. The van der Waals surface area contributed by atoms with Crippen molar-refractivity contribution in [3.63, 3.8) is 0 Å². The van der Waals surface area contributed by atoms with Crippen LogP contribution in [0.5, 0.6) is 0 Å². The number of aliphatic imine (C=N–C) groups is 1. The normalized spacial score (nSPS) is 19.2. The Morgan fingerprint density at radius 3 is 2.50 bits per heavy atom. The Kier molecular flexibility index (Phi) is 5.20. The van der Waals surface area contributed by atoms with E-state index < -0.39 is 6.04 Å². The molecule has 0 aliphatic heterocycles. The molecule has 1 N–H and O–H groups in total. The fourth-order valence-electron chi connectivity index (χ4n) is 2.36. The molecule has 0 aromatic heterocycles. The second-order valence-corrected chi connectivity index (χ2v) is 5.21. The van der Waals surface area contributed by atoms with E-state index >= 15 is 0 Å². The number of hydrogen-bond acceptors (Lipinski definition) is 4. The van der Waals surface area contributed by atoms with Gasteiger partial charge in [-0.3, -0.25) is 19.4 Å². The average molecular weight is 300 g/mol. The summed E-state index contributed by atoms with van der Waals surface area (Å²) >= 11 is 0. The van der Waals surface area contributed by atoms with Gasteiger partial charge in [0.2, 0.25) is 11.7 Å². The van der Waals surface area contributed by atoms with Crippen LogP contribution in [0.25, 0.3) is 0 Å². The molecule has 116 valence electrons. The highest BCUT2D eigenvalue weighted by Gasteiger charge is 2.38. The highest BCUT2D eigenvalue weighted by molar-refractivity contribution is 6.55. The van der Waals surface area contributed by atoms with Crippen molar-refractivity contribution < 1.29 is 14.4 Å². The van der Waals surface area contributed by atoms with Gasteiger partial charge >= 0.3 is 0 Å². The predicted molar refractivity (Wildman–Crippen MR) is 84.5 cm³/mol. The number of carbonyl (C=O) groups excluding carboxylic acids is 3. The van der Waals surface area contributed by atoms with Crippen LogP contribution in [-0.2, 0) is 4.79 Å². The molecule has 0 heterocycles. The van der Waals surface area contributed by atoms with Crippen molar-refractivity contribution in [2.24, 2.45) is 4.99 Å². The molecule has 5 heteroatoms. The van der Waals surface area contributed by atoms with E-state index in [0.29, 0.717) is 17.7 Å². The highest BCUT2D eigenvalue weighted by Crippen LogP contribution is 2.20. The van der Waals surface area contributed by atoms with Crippen LogP contribution in [0.1, 0.15) is 53.8 Å². The molecular weight excluding hydrogens is 280 g/mol. The molecule has 1 amide bonds. The summed E-state index contributed by atoms with van der Waals surface area (Å²) in [4.78, 5) is 41.2. The third-order valence-corrected chi connectivity index (χ3v) is 3.63. The molecule has 0 saturated heterocycles. The summed E-state index contributed by atoms with van der Waals surface area (Å²) in [6.45, 7) is 4.21. The topological polar surface area (TPSA) is 75.6 Å². The number of unbranched alkanes of at least 4 members (excludes halogenated alkanes) is 1. The largest absolute Gasteiger partial charge is 0.340 e. The van der Waals surface area contributed by atoms with Crippen molar-refractivity contribution in [2.75, 3.05) is 6.54 Å². The number of carbonyl (C=O) groups is 3. The molecule has 2 rings (SSSR count). The standard InChI is InChI=1S/C17H20N2O3/c1-3-5-10-18-14-15(19-13(20)4-2)17(22)12-9-7-6-8-11(12)16(14)21/h6-9,15H,3-5,10H2,1-2H3,(H,19,20). The molecule has 0 radical (unpaired) electrons. The van der Waals surface area contributed by atoms with Crippen molar-refractivity contribution in [1.29, 1.82) is 0 Å². The van der Waals surface area contributed by atoms with Crippen LogP contribution in [0.2, 0.25) is 0 Å². The summed E-state index contributed by atoms with van der Waals surface area (Å²) < 4.78 is 0. The Balaban J connectivity index is 2.43. The summed E-state index contributed by atoms with van der Waals surface area (Å²) in [5, 5.41) is 2.63. The lowest BCUT2D eigenvalue weighted by molar-refractivity contribution is -0.120. The molecule has 5 nitrogen and oxygen atoms in total. The number of ketones is 2. The first kappa shape index (κ1) is 16.1. The van der Waals surface area contributed by atoms with Gasteiger partial charge in [0.1, 0.15) is 11.8 Å². The second-order valence-electron chi connectivity index (χ2n) is 5.21. The first-order chi connectivity index (χ1) is 10.6. The molecule has 1 aliphatic carbocycles. The summed E-state index contributed by atoms with van der Waals surface area (Å²) in [6, 6.07) is 5.71. The molecule has 1 unspecified atom stereocenters. The summed E-state index contributed by atoms with van der Waals surface area (Å²) in [6.07, 6.45) is 2.03. The van der Waals surface area contributed by atoms with Crippen LogP contribution in [0.3, 0.4) is 0 Å². The smallest absolute Gasteiger partial charge is 0.220 e. The van der Waals surface area contributed by atoms with Gasteiger partial charge in [0.25, 0.3) is 0 Å². The lowest BCUT2D eigenvalue weighted by Gasteiger charge is -2.25. The van der Waals surface area contributed by atoms with Crippen molar-refractivity contribution in [2.45, 2.75) is 39.2 Å². The van der Waals surface area contributed by atoms with E-state index in [2.05, 4.69) is 10.3 Å². The first-order valence-corrected chi connectivity index (χ1v) is 7.61. The van der Waals surface area contributed by atoms with Gasteiger partial charge in [-0.05, 0) is 6.42 Å². The molecule has 1 aromatic rings. The maximum absolute atomic E-state index is 12.6. The Hall–Kier alpha value is -2.30. The SMILES string of the molecule is CCCCN=C1C(=O)c2ccccc2C(=O)C1NC(=O)CC. The minimum Gasteiger partial charge on any atom is -0.340 e. The summed E-state index contributed by atoms with van der Waals surface area (Å²) in [5.41, 5.74) is 0.868. The van der Waals surface area contributed by atoms with Gasteiger partial charge in [-0.1, -0.05) is 44.5 Å². The molecule has 0 spiro atoms. The molecule has 1 aromatic carbocycles. The molecular formula is C17H20N2O3. The van der Waals surface area contributed by atoms with E-state index in [9.17, 15) is 14.4 Å². The van der Waals surface area contributed by atoms with E-state index in [-0.39, 0.29) is 29.6 Å². The maximum atomic E-state index is 12.6. The molecule has 0 fully saturated rings. The van der Waals surface area contributed by atoms with Gasteiger partial charge in [0.05, 0.1) is 0 Å². The first-order valence-electron chi connectivity index (χ1n) is 7.61. The van der Waals surface area contributed by atoms with Crippen LogP contribution in [0.15, 0.2) is 29.3 Å². The number of nitrogens with one attached hydrogen (secondary N) is 1. The number of amides is 1. The number of fused-ring (bicyclic) bond motifs is 1. The molecule has 1 aliphatic rings. The number of nitrogens with zero attached hydrogens (tertiary/aromatic N) is 1. The van der Waals surface area contributed by atoms with E-state index in [4.69, 9.17) is 0 Å². The van der Waals surface area contributed by atoms with Crippen LogP contribution >= 0.6 is 0 Å². The number of benzene rings is 1.